The Kier molecular flexibility index (Phi) is 7.42. The number of ether oxygens (including phenoxy) is 1. The van der Waals surface area contributed by atoms with Crippen LogP contribution in [0.25, 0.3) is 11.3 Å². The second-order valence-corrected chi connectivity index (χ2v) is 7.40. The largest absolute Gasteiger partial charge is 0.482 e. The first-order valence-electron chi connectivity index (χ1n) is 9.34. The van der Waals surface area contributed by atoms with Crippen LogP contribution in [0.1, 0.15) is 18.3 Å². The van der Waals surface area contributed by atoms with Gasteiger partial charge in [-0.25, -0.2) is 14.4 Å². The van der Waals surface area contributed by atoms with Gasteiger partial charge in [0, 0.05) is 47.8 Å². The van der Waals surface area contributed by atoms with E-state index >= 15 is 0 Å². The van der Waals surface area contributed by atoms with Gasteiger partial charge in [-0.05, 0) is 25.1 Å². The number of hydrogen-bond acceptors (Lipinski definition) is 6. The van der Waals surface area contributed by atoms with Crippen molar-refractivity contribution in [3.05, 3.63) is 65.0 Å². The zero-order chi connectivity index (χ0) is 21.7. The molecule has 1 aliphatic heterocycles. The van der Waals surface area contributed by atoms with Gasteiger partial charge in [0.15, 0.2) is 11.6 Å². The molecule has 1 atom stereocenters. The SMILES string of the molecule is C=C(F)/C=C\C(Cl)=C(/CCl)[C@@H](C)Oc1cc(-c2cnc3c(n2)CNCC3)cnc1N. The fraction of sp³-hybridized carbons (Fsp3) is 0.286. The third-order valence-electron chi connectivity index (χ3n) is 4.60. The Hall–Kier alpha value is -2.48. The van der Waals surface area contributed by atoms with E-state index in [1.54, 1.807) is 25.4 Å². The zero-order valence-electron chi connectivity index (χ0n) is 16.5. The fourth-order valence-corrected chi connectivity index (χ4v) is 3.66. The molecule has 0 aliphatic carbocycles. The summed E-state index contributed by atoms with van der Waals surface area (Å²) < 4.78 is 18.9. The molecule has 3 N–H and O–H groups in total. The molecule has 3 heterocycles. The molecule has 0 aromatic carbocycles. The first-order valence-corrected chi connectivity index (χ1v) is 10.2. The summed E-state index contributed by atoms with van der Waals surface area (Å²) in [5.41, 5.74) is 9.90. The van der Waals surface area contributed by atoms with Crippen molar-refractivity contribution in [3.63, 3.8) is 0 Å². The molecule has 6 nitrogen and oxygen atoms in total. The number of nitrogens with one attached hydrogen (secondary N) is 1. The van der Waals surface area contributed by atoms with Crippen molar-refractivity contribution in [1.29, 1.82) is 0 Å². The smallest absolute Gasteiger partial charge is 0.166 e. The Balaban J connectivity index is 1.86. The minimum atomic E-state index is -0.613. The number of pyridine rings is 1. The Morgan fingerprint density at radius 1 is 1.37 bits per heavy atom. The van der Waals surface area contributed by atoms with Crippen LogP contribution in [0.3, 0.4) is 0 Å². The van der Waals surface area contributed by atoms with Crippen molar-refractivity contribution in [1.82, 2.24) is 20.3 Å². The lowest BCUT2D eigenvalue weighted by Gasteiger charge is -2.19. The monoisotopic (exact) mass is 449 g/mol. The summed E-state index contributed by atoms with van der Waals surface area (Å²) in [5.74, 6) is 0.0667. The van der Waals surface area contributed by atoms with Crippen LogP contribution in [0.15, 0.2) is 53.6 Å². The lowest BCUT2D eigenvalue weighted by molar-refractivity contribution is 0.258. The molecule has 0 bridgehead atoms. The maximum absolute atomic E-state index is 12.9. The predicted octanol–water partition coefficient (Wildman–Crippen LogP) is 4.30. The topological polar surface area (TPSA) is 86.0 Å². The van der Waals surface area contributed by atoms with Crippen LogP contribution in [-0.2, 0) is 13.0 Å². The lowest BCUT2D eigenvalue weighted by Crippen LogP contribution is -2.25. The van der Waals surface area contributed by atoms with Gasteiger partial charge in [-0.1, -0.05) is 18.2 Å². The van der Waals surface area contributed by atoms with E-state index in [9.17, 15) is 4.39 Å². The normalized spacial score (nSPS) is 15.5. The Bertz CT molecular complexity index is 1010. The molecule has 30 heavy (non-hydrogen) atoms. The number of anilines is 1. The highest BCUT2D eigenvalue weighted by molar-refractivity contribution is 6.32. The van der Waals surface area contributed by atoms with Crippen molar-refractivity contribution in [2.45, 2.75) is 26.0 Å². The van der Waals surface area contributed by atoms with Crippen LogP contribution in [-0.4, -0.2) is 33.5 Å². The van der Waals surface area contributed by atoms with Gasteiger partial charge in [-0.3, -0.25) is 4.98 Å². The lowest BCUT2D eigenvalue weighted by atomic mass is 10.1. The number of nitrogen functional groups attached to an aromatic ring is 1. The second-order valence-electron chi connectivity index (χ2n) is 6.73. The van der Waals surface area contributed by atoms with Crippen LogP contribution in [0, 0.1) is 0 Å². The van der Waals surface area contributed by atoms with Crippen LogP contribution in [0.4, 0.5) is 10.2 Å². The molecule has 0 saturated carbocycles. The van der Waals surface area contributed by atoms with E-state index in [-0.39, 0.29) is 16.7 Å². The van der Waals surface area contributed by atoms with Gasteiger partial charge in [0.2, 0.25) is 0 Å². The molecule has 9 heteroatoms. The van der Waals surface area contributed by atoms with Crippen LogP contribution in [0.5, 0.6) is 5.75 Å². The average Bonchev–Trinajstić information content (AvgIpc) is 2.74. The van der Waals surface area contributed by atoms with Crippen molar-refractivity contribution >= 4 is 29.0 Å². The van der Waals surface area contributed by atoms with E-state index in [4.69, 9.17) is 33.7 Å². The molecular formula is C21H22Cl2FN5O. The number of halogens is 3. The molecule has 2 aromatic heterocycles. The van der Waals surface area contributed by atoms with Crippen molar-refractivity contribution in [3.8, 4) is 17.0 Å². The van der Waals surface area contributed by atoms with E-state index in [1.807, 2.05) is 0 Å². The van der Waals surface area contributed by atoms with Crippen LogP contribution >= 0.6 is 23.2 Å². The summed E-state index contributed by atoms with van der Waals surface area (Å²) in [5, 5.41) is 3.56. The maximum Gasteiger partial charge on any atom is 0.166 e. The second kappa shape index (κ2) is 10.0. The third kappa shape index (κ3) is 5.36. The zero-order valence-corrected chi connectivity index (χ0v) is 18.0. The van der Waals surface area contributed by atoms with Gasteiger partial charge < -0.3 is 15.8 Å². The van der Waals surface area contributed by atoms with Gasteiger partial charge >= 0.3 is 0 Å². The Labute approximate surface area is 184 Å². The van der Waals surface area contributed by atoms with Crippen molar-refractivity contribution in [2.75, 3.05) is 18.2 Å². The molecule has 2 aromatic rings. The number of aromatic nitrogens is 3. The van der Waals surface area contributed by atoms with Gasteiger partial charge in [0.05, 0.1) is 23.3 Å². The highest BCUT2D eigenvalue weighted by atomic mass is 35.5. The molecule has 0 spiro atoms. The summed E-state index contributed by atoms with van der Waals surface area (Å²) in [6.45, 7) is 6.51. The van der Waals surface area contributed by atoms with Gasteiger partial charge in [-0.2, -0.15) is 0 Å². The summed E-state index contributed by atoms with van der Waals surface area (Å²) in [7, 11) is 0. The minimum Gasteiger partial charge on any atom is -0.482 e. The first-order chi connectivity index (χ1) is 14.4. The van der Waals surface area contributed by atoms with E-state index < -0.39 is 11.9 Å². The summed E-state index contributed by atoms with van der Waals surface area (Å²) in [6.07, 6.45) is 6.22. The quantitative estimate of drug-likeness (QED) is 0.483. The third-order valence-corrected chi connectivity index (χ3v) is 5.25. The predicted molar refractivity (Wildman–Crippen MR) is 118 cm³/mol. The number of allylic oxidation sites excluding steroid dienone is 4. The van der Waals surface area contributed by atoms with E-state index in [1.165, 1.54) is 6.08 Å². The maximum atomic E-state index is 12.9. The Morgan fingerprint density at radius 3 is 2.90 bits per heavy atom. The van der Waals surface area contributed by atoms with Crippen molar-refractivity contribution in [2.24, 2.45) is 0 Å². The number of hydrogen-bond donors (Lipinski definition) is 2. The van der Waals surface area contributed by atoms with E-state index in [0.717, 1.165) is 36.0 Å². The highest BCUT2D eigenvalue weighted by Gasteiger charge is 2.17. The molecule has 0 unspecified atom stereocenters. The average molecular weight is 450 g/mol. The summed E-state index contributed by atoms with van der Waals surface area (Å²) in [4.78, 5) is 13.4. The molecule has 3 rings (SSSR count). The van der Waals surface area contributed by atoms with Gasteiger partial charge in [0.25, 0.3) is 0 Å². The van der Waals surface area contributed by atoms with Gasteiger partial charge in [0.1, 0.15) is 11.9 Å². The van der Waals surface area contributed by atoms with E-state index in [0.29, 0.717) is 23.6 Å². The number of alkyl halides is 1. The number of rotatable bonds is 7. The molecule has 0 radical (unpaired) electrons. The first kappa shape index (κ1) is 22.2. The standard InChI is InChI=1S/C21H22Cl2FN5O/c1-12(24)3-4-16(23)15(8-22)13(2)30-20-7-14(9-28-21(20)25)18-11-27-17-5-6-26-10-19(17)29-18/h3-4,7,9,11,13,26H,1,5-6,8,10H2,2H3,(H2,25,28)/b4-3-,16-15-/t13-/m1/s1. The molecule has 0 amide bonds. The highest BCUT2D eigenvalue weighted by Crippen LogP contribution is 2.29. The minimum absolute atomic E-state index is 0.0967. The number of fused-ring (bicyclic) bond motifs is 1. The van der Waals surface area contributed by atoms with Crippen LogP contribution < -0.4 is 15.8 Å². The molecule has 0 fully saturated rings. The Morgan fingerprint density at radius 2 is 2.17 bits per heavy atom. The van der Waals surface area contributed by atoms with Crippen LogP contribution in [0.2, 0.25) is 0 Å². The van der Waals surface area contributed by atoms with Crippen molar-refractivity contribution < 1.29 is 9.13 Å². The summed E-state index contributed by atoms with van der Waals surface area (Å²) in [6, 6.07) is 1.75. The summed E-state index contributed by atoms with van der Waals surface area (Å²) >= 11 is 12.3. The number of nitrogens with two attached hydrogens (primary N) is 1. The van der Waals surface area contributed by atoms with Gasteiger partial charge in [-0.15, -0.1) is 11.6 Å². The molecule has 1 aliphatic rings. The molecule has 158 valence electrons. The fourth-order valence-electron chi connectivity index (χ4n) is 2.94. The molecular weight excluding hydrogens is 428 g/mol. The molecule has 0 saturated heterocycles. The van der Waals surface area contributed by atoms with E-state index in [2.05, 4.69) is 26.8 Å². The number of nitrogens with zero attached hydrogens (tertiary/aromatic N) is 3.